The lowest BCUT2D eigenvalue weighted by atomic mass is 10.1. The first-order valence-corrected chi connectivity index (χ1v) is 11.5. The summed E-state index contributed by atoms with van der Waals surface area (Å²) in [5.74, 6) is 0.174. The van der Waals surface area contributed by atoms with E-state index in [0.29, 0.717) is 37.3 Å². The molecule has 7 nitrogen and oxygen atoms in total. The van der Waals surface area contributed by atoms with E-state index >= 15 is 0 Å². The van der Waals surface area contributed by atoms with Crippen LogP contribution in [0.4, 0.5) is 11.4 Å². The average Bonchev–Trinajstić information content (AvgIpc) is 3.07. The molecule has 0 aliphatic carbocycles. The van der Waals surface area contributed by atoms with Crippen LogP contribution in [0.5, 0.6) is 0 Å². The molecule has 0 spiro atoms. The van der Waals surface area contributed by atoms with Gasteiger partial charge in [-0.1, -0.05) is 0 Å². The van der Waals surface area contributed by atoms with E-state index in [0.717, 1.165) is 30.2 Å². The highest BCUT2D eigenvalue weighted by atomic mass is 32.2. The van der Waals surface area contributed by atoms with Crippen LogP contribution < -0.4 is 9.21 Å². The number of pyridine rings is 1. The quantitative estimate of drug-likeness (QED) is 0.770. The summed E-state index contributed by atoms with van der Waals surface area (Å²) in [7, 11) is -3.21. The second-order valence-electron chi connectivity index (χ2n) is 7.62. The van der Waals surface area contributed by atoms with Gasteiger partial charge >= 0.3 is 0 Å². The Morgan fingerprint density at radius 3 is 2.21 bits per heavy atom. The van der Waals surface area contributed by atoms with Crippen molar-refractivity contribution in [2.24, 2.45) is 0 Å². The number of amides is 1. The molecule has 0 saturated carbocycles. The van der Waals surface area contributed by atoms with Gasteiger partial charge in [0, 0.05) is 44.0 Å². The van der Waals surface area contributed by atoms with E-state index in [1.54, 1.807) is 24.3 Å². The molecule has 2 aliphatic heterocycles. The number of nitrogens with zero attached hydrogens (tertiary/aromatic N) is 4. The summed E-state index contributed by atoms with van der Waals surface area (Å²) in [6.07, 6.45) is 0.642. The second-order valence-corrected chi connectivity index (χ2v) is 9.64. The van der Waals surface area contributed by atoms with E-state index < -0.39 is 10.0 Å². The molecular formula is C21H26N4O3S. The van der Waals surface area contributed by atoms with E-state index in [1.165, 1.54) is 4.31 Å². The van der Waals surface area contributed by atoms with Crippen LogP contribution in [0.15, 0.2) is 36.4 Å². The Hall–Kier alpha value is -2.61. The van der Waals surface area contributed by atoms with Gasteiger partial charge in [-0.05, 0) is 56.7 Å². The number of aryl methyl sites for hydroxylation is 2. The maximum atomic E-state index is 12.9. The normalized spacial score (nSPS) is 18.9. The van der Waals surface area contributed by atoms with Crippen LogP contribution in [0.2, 0.25) is 0 Å². The number of piperazine rings is 1. The summed E-state index contributed by atoms with van der Waals surface area (Å²) in [6, 6.07) is 11.0. The van der Waals surface area contributed by atoms with E-state index in [2.05, 4.69) is 16.0 Å². The van der Waals surface area contributed by atoms with Gasteiger partial charge in [0.25, 0.3) is 5.91 Å². The largest absolute Gasteiger partial charge is 0.367 e. The Labute approximate surface area is 172 Å². The highest BCUT2D eigenvalue weighted by Gasteiger charge is 2.29. The van der Waals surface area contributed by atoms with Gasteiger partial charge in [-0.15, -0.1) is 0 Å². The molecule has 0 radical (unpaired) electrons. The van der Waals surface area contributed by atoms with Crippen molar-refractivity contribution in [3.05, 3.63) is 53.3 Å². The molecule has 2 aromatic rings. The highest BCUT2D eigenvalue weighted by Crippen LogP contribution is 2.25. The predicted molar refractivity (Wildman–Crippen MR) is 114 cm³/mol. The lowest BCUT2D eigenvalue weighted by Crippen LogP contribution is -2.49. The Morgan fingerprint density at radius 1 is 0.931 bits per heavy atom. The van der Waals surface area contributed by atoms with Gasteiger partial charge in [0.05, 0.1) is 22.8 Å². The topological polar surface area (TPSA) is 73.8 Å². The number of benzene rings is 1. The number of rotatable bonds is 3. The van der Waals surface area contributed by atoms with Crippen molar-refractivity contribution in [1.29, 1.82) is 0 Å². The molecule has 2 fully saturated rings. The zero-order valence-electron chi connectivity index (χ0n) is 16.8. The SMILES string of the molecule is Cc1ccc(N2CCN(C(=O)c3ccc(N4CCCS4(=O)=O)cc3)CC2)c(C)n1. The van der Waals surface area contributed by atoms with E-state index in [1.807, 2.05) is 24.8 Å². The summed E-state index contributed by atoms with van der Waals surface area (Å²) in [4.78, 5) is 21.5. The first-order chi connectivity index (χ1) is 13.8. The Morgan fingerprint density at radius 2 is 1.62 bits per heavy atom. The summed E-state index contributed by atoms with van der Waals surface area (Å²) >= 11 is 0. The van der Waals surface area contributed by atoms with Gasteiger partial charge in [0.15, 0.2) is 0 Å². The van der Waals surface area contributed by atoms with E-state index in [4.69, 9.17) is 0 Å². The number of carbonyl (C=O) groups excluding carboxylic acids is 1. The molecule has 1 aromatic heterocycles. The molecule has 2 aliphatic rings. The van der Waals surface area contributed by atoms with Crippen molar-refractivity contribution < 1.29 is 13.2 Å². The molecular weight excluding hydrogens is 388 g/mol. The monoisotopic (exact) mass is 414 g/mol. The van der Waals surface area contributed by atoms with E-state index in [9.17, 15) is 13.2 Å². The minimum Gasteiger partial charge on any atom is -0.367 e. The number of carbonyl (C=O) groups is 1. The first kappa shape index (κ1) is 19.7. The van der Waals surface area contributed by atoms with Gasteiger partial charge in [0.2, 0.25) is 10.0 Å². The van der Waals surface area contributed by atoms with Gasteiger partial charge in [-0.3, -0.25) is 14.1 Å². The number of hydrogen-bond donors (Lipinski definition) is 0. The average molecular weight is 415 g/mol. The number of anilines is 2. The maximum absolute atomic E-state index is 12.9. The van der Waals surface area contributed by atoms with Crippen molar-refractivity contribution in [3.63, 3.8) is 0 Å². The third kappa shape index (κ3) is 3.94. The molecule has 0 atom stereocenters. The standard InChI is InChI=1S/C21H26N4O3S/c1-16-4-9-20(17(2)22-16)23-11-13-24(14-12-23)21(26)18-5-7-19(8-6-18)25-10-3-15-29(25,27)28/h4-9H,3,10-15H2,1-2H3. The molecule has 4 rings (SSSR count). The van der Waals surface area contributed by atoms with Crippen molar-refractivity contribution >= 4 is 27.3 Å². The van der Waals surface area contributed by atoms with Crippen LogP contribution in [0.1, 0.15) is 28.2 Å². The van der Waals surface area contributed by atoms with Crippen LogP contribution >= 0.6 is 0 Å². The number of sulfonamides is 1. The molecule has 1 amide bonds. The minimum absolute atomic E-state index is 0.0146. The van der Waals surface area contributed by atoms with Crippen LogP contribution in [-0.4, -0.2) is 62.7 Å². The summed E-state index contributed by atoms with van der Waals surface area (Å²) in [5, 5.41) is 0. The molecule has 0 bridgehead atoms. The molecule has 8 heteroatoms. The molecule has 29 heavy (non-hydrogen) atoms. The third-order valence-corrected chi connectivity index (χ3v) is 7.48. The zero-order valence-corrected chi connectivity index (χ0v) is 17.7. The van der Waals surface area contributed by atoms with Gasteiger partial charge in [0.1, 0.15) is 0 Å². The Bertz CT molecular complexity index is 1010. The zero-order chi connectivity index (χ0) is 20.6. The Balaban J connectivity index is 1.41. The lowest BCUT2D eigenvalue weighted by molar-refractivity contribution is 0.0747. The van der Waals surface area contributed by atoms with Crippen LogP contribution in [0, 0.1) is 13.8 Å². The fourth-order valence-electron chi connectivity index (χ4n) is 4.05. The summed E-state index contributed by atoms with van der Waals surface area (Å²) in [5.41, 5.74) is 4.36. The van der Waals surface area contributed by atoms with Gasteiger partial charge < -0.3 is 9.80 Å². The van der Waals surface area contributed by atoms with Crippen molar-refractivity contribution in [2.75, 3.05) is 47.7 Å². The third-order valence-electron chi connectivity index (χ3n) is 5.61. The molecule has 2 saturated heterocycles. The van der Waals surface area contributed by atoms with Crippen LogP contribution in [0.3, 0.4) is 0 Å². The van der Waals surface area contributed by atoms with Crippen LogP contribution in [0.25, 0.3) is 0 Å². The molecule has 0 N–H and O–H groups in total. The fraction of sp³-hybridized carbons (Fsp3) is 0.429. The van der Waals surface area contributed by atoms with Crippen molar-refractivity contribution in [2.45, 2.75) is 20.3 Å². The van der Waals surface area contributed by atoms with Crippen molar-refractivity contribution in [1.82, 2.24) is 9.88 Å². The van der Waals surface area contributed by atoms with Gasteiger partial charge in [-0.2, -0.15) is 0 Å². The number of aromatic nitrogens is 1. The van der Waals surface area contributed by atoms with Crippen LogP contribution in [-0.2, 0) is 10.0 Å². The first-order valence-electron chi connectivity index (χ1n) is 9.94. The lowest BCUT2D eigenvalue weighted by Gasteiger charge is -2.36. The Kier molecular flexibility index (Phi) is 5.21. The fourth-order valence-corrected chi connectivity index (χ4v) is 5.61. The summed E-state index contributed by atoms with van der Waals surface area (Å²) in [6.45, 7) is 7.33. The van der Waals surface area contributed by atoms with E-state index in [-0.39, 0.29) is 11.7 Å². The number of hydrogen-bond acceptors (Lipinski definition) is 5. The highest BCUT2D eigenvalue weighted by molar-refractivity contribution is 7.93. The minimum atomic E-state index is -3.21. The predicted octanol–water partition coefficient (Wildman–Crippen LogP) is 2.20. The summed E-state index contributed by atoms with van der Waals surface area (Å²) < 4.78 is 25.5. The maximum Gasteiger partial charge on any atom is 0.253 e. The molecule has 154 valence electrons. The molecule has 1 aromatic carbocycles. The smallest absolute Gasteiger partial charge is 0.253 e. The van der Waals surface area contributed by atoms with Crippen molar-refractivity contribution in [3.8, 4) is 0 Å². The second kappa shape index (κ2) is 7.67. The van der Waals surface area contributed by atoms with Gasteiger partial charge in [-0.25, -0.2) is 8.42 Å². The molecule has 3 heterocycles. The molecule has 0 unspecified atom stereocenters.